The molecule has 0 bridgehead atoms. The number of pyridine rings is 1. The largest absolute Gasteiger partial charge is 0.384 e. The van der Waals surface area contributed by atoms with E-state index < -0.39 is 0 Å². The van der Waals surface area contributed by atoms with Crippen LogP contribution < -0.4 is 0 Å². The number of nitrogens with zero attached hydrogens (tertiary/aromatic N) is 3. The van der Waals surface area contributed by atoms with Crippen LogP contribution in [0.5, 0.6) is 0 Å². The van der Waals surface area contributed by atoms with Crippen molar-refractivity contribution in [3.8, 4) is 11.3 Å². The van der Waals surface area contributed by atoms with Gasteiger partial charge in [-0.3, -0.25) is 9.78 Å². The summed E-state index contributed by atoms with van der Waals surface area (Å²) in [6.45, 7) is 0.808. The third kappa shape index (κ3) is 3.64. The van der Waals surface area contributed by atoms with Gasteiger partial charge in [0.2, 0.25) is 5.91 Å². The first-order valence-corrected chi connectivity index (χ1v) is 6.29. The van der Waals surface area contributed by atoms with E-state index in [-0.39, 0.29) is 5.91 Å². The summed E-state index contributed by atoms with van der Waals surface area (Å²) in [7, 11) is 3.30. The van der Waals surface area contributed by atoms with Crippen LogP contribution in [0.3, 0.4) is 0 Å². The Hall–Kier alpha value is -2.21. The predicted octanol–water partition coefficient (Wildman–Crippen LogP) is 1.73. The fraction of sp³-hybridized carbons (Fsp3) is 0.357. The summed E-state index contributed by atoms with van der Waals surface area (Å²) in [6, 6.07) is 5.54. The number of methoxy groups -OCH3 is 1. The molecule has 6 nitrogen and oxygen atoms in total. The zero-order valence-corrected chi connectivity index (χ0v) is 11.6. The summed E-state index contributed by atoms with van der Waals surface area (Å²) in [5.41, 5.74) is 1.67. The Morgan fingerprint density at radius 2 is 2.15 bits per heavy atom. The van der Waals surface area contributed by atoms with E-state index in [1.165, 1.54) is 0 Å². The van der Waals surface area contributed by atoms with Gasteiger partial charge in [-0.15, -0.1) is 0 Å². The van der Waals surface area contributed by atoms with Crippen molar-refractivity contribution in [2.24, 2.45) is 0 Å². The standard InChI is InChI=1S/C14H17N3O3/c1-17(14(18)5-8-19-2)10-12-9-13(16-20-12)11-3-6-15-7-4-11/h3-4,6-7,9H,5,8,10H2,1-2H3. The second kappa shape index (κ2) is 6.81. The van der Waals surface area contributed by atoms with Gasteiger partial charge in [0.25, 0.3) is 0 Å². The van der Waals surface area contributed by atoms with Crippen molar-refractivity contribution >= 4 is 5.91 Å². The topological polar surface area (TPSA) is 68.5 Å². The fourth-order valence-electron chi connectivity index (χ4n) is 1.75. The van der Waals surface area contributed by atoms with E-state index >= 15 is 0 Å². The molecule has 0 aliphatic heterocycles. The first-order chi connectivity index (χ1) is 9.70. The summed E-state index contributed by atoms with van der Waals surface area (Å²) in [5.74, 6) is 0.652. The van der Waals surface area contributed by atoms with Gasteiger partial charge in [0.15, 0.2) is 5.76 Å². The van der Waals surface area contributed by atoms with E-state index in [9.17, 15) is 4.79 Å². The van der Waals surface area contributed by atoms with E-state index in [1.54, 1.807) is 31.5 Å². The third-order valence-electron chi connectivity index (χ3n) is 2.87. The van der Waals surface area contributed by atoms with Gasteiger partial charge in [-0.05, 0) is 12.1 Å². The minimum atomic E-state index is 0.00807. The van der Waals surface area contributed by atoms with Gasteiger partial charge in [-0.1, -0.05) is 5.16 Å². The van der Waals surface area contributed by atoms with E-state index in [0.29, 0.717) is 25.3 Å². The average Bonchev–Trinajstić information content (AvgIpc) is 2.94. The molecule has 0 aromatic carbocycles. The lowest BCUT2D eigenvalue weighted by Crippen LogP contribution is -2.26. The molecule has 106 valence electrons. The predicted molar refractivity (Wildman–Crippen MR) is 72.7 cm³/mol. The highest BCUT2D eigenvalue weighted by Crippen LogP contribution is 2.18. The van der Waals surface area contributed by atoms with Crippen molar-refractivity contribution in [2.45, 2.75) is 13.0 Å². The number of carbonyl (C=O) groups is 1. The van der Waals surface area contributed by atoms with E-state index in [2.05, 4.69) is 10.1 Å². The number of aromatic nitrogens is 2. The van der Waals surface area contributed by atoms with Crippen molar-refractivity contribution in [3.63, 3.8) is 0 Å². The van der Waals surface area contributed by atoms with Crippen LogP contribution in [0.2, 0.25) is 0 Å². The van der Waals surface area contributed by atoms with Gasteiger partial charge >= 0.3 is 0 Å². The highest BCUT2D eigenvalue weighted by molar-refractivity contribution is 5.75. The highest BCUT2D eigenvalue weighted by Gasteiger charge is 2.13. The van der Waals surface area contributed by atoms with Gasteiger partial charge in [-0.2, -0.15) is 0 Å². The van der Waals surface area contributed by atoms with Gasteiger partial charge in [0.1, 0.15) is 5.69 Å². The monoisotopic (exact) mass is 275 g/mol. The van der Waals surface area contributed by atoms with E-state index in [0.717, 1.165) is 11.3 Å². The number of rotatable bonds is 6. The first-order valence-electron chi connectivity index (χ1n) is 6.29. The zero-order chi connectivity index (χ0) is 14.4. The zero-order valence-electron chi connectivity index (χ0n) is 11.6. The molecule has 2 aromatic rings. The van der Waals surface area contributed by atoms with Crippen LogP contribution in [-0.4, -0.2) is 41.7 Å². The summed E-state index contributed by atoms with van der Waals surface area (Å²) in [5, 5.41) is 4.00. The molecule has 0 unspecified atom stereocenters. The molecule has 2 heterocycles. The van der Waals surface area contributed by atoms with Crippen LogP contribution in [0.1, 0.15) is 12.2 Å². The molecule has 0 fully saturated rings. The molecule has 0 saturated carbocycles. The quantitative estimate of drug-likeness (QED) is 0.803. The molecular weight excluding hydrogens is 258 g/mol. The molecule has 0 aliphatic rings. The van der Waals surface area contributed by atoms with Crippen LogP contribution in [0.25, 0.3) is 11.3 Å². The molecule has 20 heavy (non-hydrogen) atoms. The lowest BCUT2D eigenvalue weighted by Gasteiger charge is -2.14. The van der Waals surface area contributed by atoms with Crippen molar-refractivity contribution in [3.05, 3.63) is 36.4 Å². The minimum absolute atomic E-state index is 0.00807. The lowest BCUT2D eigenvalue weighted by atomic mass is 10.2. The second-order valence-corrected chi connectivity index (χ2v) is 4.41. The highest BCUT2D eigenvalue weighted by atomic mass is 16.5. The number of hydrogen-bond donors (Lipinski definition) is 0. The summed E-state index contributed by atoms with van der Waals surface area (Å²) in [6.07, 6.45) is 3.76. The fourth-order valence-corrected chi connectivity index (χ4v) is 1.75. The molecular formula is C14H17N3O3. The number of carbonyl (C=O) groups excluding carboxylic acids is 1. The number of hydrogen-bond acceptors (Lipinski definition) is 5. The maximum atomic E-state index is 11.8. The molecule has 0 aliphatic carbocycles. The summed E-state index contributed by atoms with van der Waals surface area (Å²) >= 11 is 0. The molecule has 0 saturated heterocycles. The van der Waals surface area contributed by atoms with Crippen molar-refractivity contribution in [1.82, 2.24) is 15.0 Å². The van der Waals surface area contributed by atoms with Gasteiger partial charge in [0.05, 0.1) is 19.6 Å². The SMILES string of the molecule is COCCC(=O)N(C)Cc1cc(-c2ccncc2)no1. The average molecular weight is 275 g/mol. The molecule has 0 spiro atoms. The Labute approximate surface area is 117 Å². The summed E-state index contributed by atoms with van der Waals surface area (Å²) < 4.78 is 10.1. The van der Waals surface area contributed by atoms with Crippen LogP contribution >= 0.6 is 0 Å². The maximum absolute atomic E-state index is 11.8. The molecule has 0 radical (unpaired) electrons. The Morgan fingerprint density at radius 3 is 2.85 bits per heavy atom. The smallest absolute Gasteiger partial charge is 0.225 e. The summed E-state index contributed by atoms with van der Waals surface area (Å²) in [4.78, 5) is 17.3. The lowest BCUT2D eigenvalue weighted by molar-refractivity contribution is -0.131. The first kappa shape index (κ1) is 14.2. The van der Waals surface area contributed by atoms with Gasteiger partial charge < -0.3 is 14.2 Å². The molecule has 0 atom stereocenters. The Balaban J connectivity index is 1.98. The minimum Gasteiger partial charge on any atom is -0.384 e. The third-order valence-corrected chi connectivity index (χ3v) is 2.87. The number of amides is 1. The Morgan fingerprint density at radius 1 is 1.40 bits per heavy atom. The maximum Gasteiger partial charge on any atom is 0.225 e. The van der Waals surface area contributed by atoms with Crippen LogP contribution in [0.15, 0.2) is 35.1 Å². The van der Waals surface area contributed by atoms with Crippen molar-refractivity contribution in [1.29, 1.82) is 0 Å². The van der Waals surface area contributed by atoms with E-state index in [4.69, 9.17) is 9.26 Å². The Kier molecular flexibility index (Phi) is 4.84. The molecule has 2 aromatic heterocycles. The van der Waals surface area contributed by atoms with Crippen molar-refractivity contribution < 1.29 is 14.1 Å². The molecule has 2 rings (SSSR count). The molecule has 1 amide bonds. The normalized spacial score (nSPS) is 10.5. The van der Waals surface area contributed by atoms with Crippen LogP contribution in [0, 0.1) is 0 Å². The van der Waals surface area contributed by atoms with Gasteiger partial charge in [0, 0.05) is 38.2 Å². The van der Waals surface area contributed by atoms with Gasteiger partial charge in [-0.25, -0.2) is 0 Å². The van der Waals surface area contributed by atoms with Crippen LogP contribution in [-0.2, 0) is 16.1 Å². The number of ether oxygens (including phenoxy) is 1. The Bertz CT molecular complexity index is 554. The second-order valence-electron chi connectivity index (χ2n) is 4.41. The van der Waals surface area contributed by atoms with E-state index in [1.807, 2.05) is 18.2 Å². The molecule has 0 N–H and O–H groups in total. The van der Waals surface area contributed by atoms with Crippen LogP contribution in [0.4, 0.5) is 0 Å². The molecule has 6 heteroatoms. The van der Waals surface area contributed by atoms with Crippen molar-refractivity contribution in [2.75, 3.05) is 20.8 Å².